The van der Waals surface area contributed by atoms with Crippen LogP contribution in [0.15, 0.2) is 24.3 Å². The van der Waals surface area contributed by atoms with Gasteiger partial charge < -0.3 is 14.8 Å². The molecule has 2 N–H and O–H groups in total. The van der Waals surface area contributed by atoms with Crippen LogP contribution in [-0.2, 0) is 13.5 Å². The molecule has 0 fully saturated rings. The van der Waals surface area contributed by atoms with E-state index in [0.717, 1.165) is 16.6 Å². The van der Waals surface area contributed by atoms with Crippen LogP contribution < -0.4 is 0 Å². The van der Waals surface area contributed by atoms with Crippen LogP contribution in [0, 0.1) is 0 Å². The molecule has 0 unspecified atom stereocenters. The van der Waals surface area contributed by atoms with Gasteiger partial charge in [0.25, 0.3) is 0 Å². The molecule has 1 heterocycles. The second kappa shape index (κ2) is 3.52. The lowest BCUT2D eigenvalue weighted by molar-refractivity contribution is 0.0793. The highest BCUT2D eigenvalue weighted by atomic mass is 16.3. The fourth-order valence-corrected chi connectivity index (χ4v) is 2.01. The first-order valence-electron chi connectivity index (χ1n) is 5.36. The number of hydrogen-bond acceptors (Lipinski definition) is 2. The number of aromatic nitrogens is 1. The summed E-state index contributed by atoms with van der Waals surface area (Å²) in [5, 5.41) is 20.2. The Balaban J connectivity index is 2.52. The third kappa shape index (κ3) is 2.04. The van der Waals surface area contributed by atoms with Crippen molar-refractivity contribution in [2.75, 3.05) is 0 Å². The summed E-state index contributed by atoms with van der Waals surface area (Å²) in [6.45, 7) is 3.59. The van der Waals surface area contributed by atoms with Gasteiger partial charge in [0.05, 0.1) is 5.60 Å². The maximum absolute atomic E-state index is 9.81. The van der Waals surface area contributed by atoms with Crippen LogP contribution in [0.1, 0.15) is 19.5 Å². The lowest BCUT2D eigenvalue weighted by Gasteiger charge is -2.17. The number of rotatable bonds is 2. The molecule has 86 valence electrons. The number of fused-ring (bicyclic) bond motifs is 1. The number of aryl methyl sites for hydroxylation is 1. The van der Waals surface area contributed by atoms with Gasteiger partial charge in [-0.2, -0.15) is 0 Å². The summed E-state index contributed by atoms with van der Waals surface area (Å²) in [4.78, 5) is 0. The van der Waals surface area contributed by atoms with Gasteiger partial charge in [0.15, 0.2) is 0 Å². The predicted molar refractivity (Wildman–Crippen MR) is 64.6 cm³/mol. The van der Waals surface area contributed by atoms with E-state index >= 15 is 0 Å². The zero-order valence-electron chi connectivity index (χ0n) is 9.86. The van der Waals surface area contributed by atoms with Crippen molar-refractivity contribution in [3.05, 3.63) is 30.0 Å². The lowest BCUT2D eigenvalue weighted by Crippen LogP contribution is -2.23. The van der Waals surface area contributed by atoms with Crippen molar-refractivity contribution < 1.29 is 10.2 Å². The van der Waals surface area contributed by atoms with E-state index in [0.29, 0.717) is 6.42 Å². The maximum atomic E-state index is 9.81. The number of benzene rings is 1. The van der Waals surface area contributed by atoms with Crippen LogP contribution in [0.2, 0.25) is 0 Å². The third-order valence-corrected chi connectivity index (χ3v) is 2.74. The number of phenols is 1. The van der Waals surface area contributed by atoms with Crippen molar-refractivity contribution in [3.8, 4) is 5.75 Å². The van der Waals surface area contributed by atoms with Gasteiger partial charge >= 0.3 is 0 Å². The lowest BCUT2D eigenvalue weighted by atomic mass is 10.0. The number of nitrogens with zero attached hydrogens (tertiary/aromatic N) is 1. The highest BCUT2D eigenvalue weighted by molar-refractivity contribution is 5.82. The molecule has 0 aliphatic carbocycles. The van der Waals surface area contributed by atoms with Crippen molar-refractivity contribution in [1.82, 2.24) is 4.57 Å². The second-order valence-electron chi connectivity index (χ2n) is 4.93. The molecule has 0 aliphatic heterocycles. The van der Waals surface area contributed by atoms with E-state index in [-0.39, 0.29) is 5.75 Å². The van der Waals surface area contributed by atoms with E-state index < -0.39 is 5.60 Å². The minimum atomic E-state index is -0.718. The number of aromatic hydroxyl groups is 1. The number of hydrogen-bond donors (Lipinski definition) is 2. The third-order valence-electron chi connectivity index (χ3n) is 2.74. The molecule has 16 heavy (non-hydrogen) atoms. The largest absolute Gasteiger partial charge is 0.508 e. The van der Waals surface area contributed by atoms with Gasteiger partial charge in [0.2, 0.25) is 0 Å². The monoisotopic (exact) mass is 219 g/mol. The predicted octanol–water partition coefficient (Wildman–Crippen LogP) is 2.20. The van der Waals surface area contributed by atoms with E-state index in [1.807, 2.05) is 23.7 Å². The number of phenolic OH excluding ortho intramolecular Hbond substituents is 1. The van der Waals surface area contributed by atoms with Crippen LogP contribution in [0.3, 0.4) is 0 Å². The summed E-state index contributed by atoms with van der Waals surface area (Å²) in [6, 6.07) is 7.31. The van der Waals surface area contributed by atoms with E-state index in [9.17, 15) is 10.2 Å². The summed E-state index contributed by atoms with van der Waals surface area (Å²) < 4.78 is 2.05. The van der Waals surface area contributed by atoms with Crippen molar-refractivity contribution in [3.63, 3.8) is 0 Å². The topological polar surface area (TPSA) is 45.4 Å². The van der Waals surface area contributed by atoms with Crippen LogP contribution in [0.5, 0.6) is 5.75 Å². The first kappa shape index (κ1) is 11.0. The molecule has 0 saturated carbocycles. The first-order valence-corrected chi connectivity index (χ1v) is 5.36. The molecule has 0 amide bonds. The van der Waals surface area contributed by atoms with Crippen LogP contribution >= 0.6 is 0 Å². The van der Waals surface area contributed by atoms with E-state index in [1.54, 1.807) is 26.0 Å². The Morgan fingerprint density at radius 3 is 2.56 bits per heavy atom. The summed E-state index contributed by atoms with van der Waals surface area (Å²) in [7, 11) is 1.97. The molecule has 0 atom stereocenters. The van der Waals surface area contributed by atoms with Crippen molar-refractivity contribution in [1.29, 1.82) is 0 Å². The number of aliphatic hydroxyl groups is 1. The molecular weight excluding hydrogens is 202 g/mol. The molecular formula is C13H17NO2. The first-order chi connectivity index (χ1) is 7.37. The normalized spacial score (nSPS) is 12.2. The van der Waals surface area contributed by atoms with Gasteiger partial charge in [0, 0.05) is 30.1 Å². The van der Waals surface area contributed by atoms with Crippen molar-refractivity contribution in [2.45, 2.75) is 25.9 Å². The summed E-state index contributed by atoms with van der Waals surface area (Å²) in [6.07, 6.45) is 0.596. The summed E-state index contributed by atoms with van der Waals surface area (Å²) in [5.74, 6) is 0.271. The summed E-state index contributed by atoms with van der Waals surface area (Å²) in [5.41, 5.74) is 1.41. The van der Waals surface area contributed by atoms with Gasteiger partial charge in [-0.3, -0.25) is 0 Å². The summed E-state index contributed by atoms with van der Waals surface area (Å²) >= 11 is 0. The van der Waals surface area contributed by atoms with E-state index in [4.69, 9.17) is 0 Å². The van der Waals surface area contributed by atoms with Crippen LogP contribution in [-0.4, -0.2) is 20.4 Å². The Morgan fingerprint density at radius 2 is 1.94 bits per heavy atom. The molecule has 0 bridgehead atoms. The zero-order chi connectivity index (χ0) is 11.9. The van der Waals surface area contributed by atoms with Crippen molar-refractivity contribution >= 4 is 10.9 Å². The van der Waals surface area contributed by atoms with Gasteiger partial charge in [-0.05, 0) is 38.1 Å². The Morgan fingerprint density at radius 1 is 1.25 bits per heavy atom. The van der Waals surface area contributed by atoms with Gasteiger partial charge in [-0.25, -0.2) is 0 Å². The Bertz CT molecular complexity index is 520. The molecule has 0 spiro atoms. The highest BCUT2D eigenvalue weighted by Gasteiger charge is 2.16. The smallest absolute Gasteiger partial charge is 0.116 e. The molecule has 1 aromatic heterocycles. The molecule has 2 rings (SSSR count). The fraction of sp³-hybridized carbons (Fsp3) is 0.385. The molecule has 0 saturated heterocycles. The second-order valence-corrected chi connectivity index (χ2v) is 4.93. The average Bonchev–Trinajstić information content (AvgIpc) is 2.40. The Labute approximate surface area is 94.9 Å². The Hall–Kier alpha value is -1.48. The fourth-order valence-electron chi connectivity index (χ4n) is 2.01. The minimum Gasteiger partial charge on any atom is -0.508 e. The van der Waals surface area contributed by atoms with Gasteiger partial charge in [-0.1, -0.05) is 0 Å². The molecule has 1 aromatic carbocycles. The highest BCUT2D eigenvalue weighted by Crippen LogP contribution is 2.25. The van der Waals surface area contributed by atoms with Crippen molar-refractivity contribution in [2.24, 2.45) is 7.05 Å². The average molecular weight is 219 g/mol. The molecule has 0 radical (unpaired) electrons. The maximum Gasteiger partial charge on any atom is 0.116 e. The van der Waals surface area contributed by atoms with Crippen LogP contribution in [0.25, 0.3) is 10.9 Å². The molecule has 0 aliphatic rings. The minimum absolute atomic E-state index is 0.271. The van der Waals surface area contributed by atoms with Gasteiger partial charge in [0.1, 0.15) is 5.75 Å². The SMILES string of the molecule is Cn1c(CC(C)(C)O)cc2cc(O)ccc21. The molecule has 2 aromatic rings. The molecule has 3 nitrogen and oxygen atoms in total. The quantitative estimate of drug-likeness (QED) is 0.813. The van der Waals surface area contributed by atoms with E-state index in [1.165, 1.54) is 0 Å². The van der Waals surface area contributed by atoms with Gasteiger partial charge in [-0.15, -0.1) is 0 Å². The Kier molecular flexibility index (Phi) is 2.43. The van der Waals surface area contributed by atoms with E-state index in [2.05, 4.69) is 0 Å². The molecule has 3 heteroatoms. The van der Waals surface area contributed by atoms with Crippen LogP contribution in [0.4, 0.5) is 0 Å². The standard InChI is InChI=1S/C13H17NO2/c1-13(2,16)8-10-6-9-7-11(15)4-5-12(9)14(10)3/h4-7,15-16H,8H2,1-3H3. The zero-order valence-corrected chi connectivity index (χ0v) is 9.86.